The van der Waals surface area contributed by atoms with E-state index < -0.39 is 0 Å². The average molecular weight is 131 g/mol. The standard InChI is InChI=1S/C6H10FNO/c7-8-2-1-6(3-8)4-9-5-6/h1-5H2. The molecule has 0 bridgehead atoms. The summed E-state index contributed by atoms with van der Waals surface area (Å²) in [5.41, 5.74) is 0.217. The molecule has 9 heavy (non-hydrogen) atoms. The Morgan fingerprint density at radius 2 is 2.22 bits per heavy atom. The molecule has 0 saturated carbocycles. The summed E-state index contributed by atoms with van der Waals surface area (Å²) in [5, 5.41) is 0.891. The maximum atomic E-state index is 12.4. The highest BCUT2D eigenvalue weighted by molar-refractivity contribution is 4.92. The second kappa shape index (κ2) is 1.67. The number of ether oxygens (including phenoxy) is 1. The minimum atomic E-state index is 0.217. The summed E-state index contributed by atoms with van der Waals surface area (Å²) >= 11 is 0. The van der Waals surface area contributed by atoms with Crippen LogP contribution < -0.4 is 0 Å². The van der Waals surface area contributed by atoms with Gasteiger partial charge in [0.15, 0.2) is 0 Å². The van der Waals surface area contributed by atoms with Crippen LogP contribution in [0.15, 0.2) is 0 Å². The Kier molecular flexibility index (Phi) is 1.04. The van der Waals surface area contributed by atoms with E-state index in [0.717, 1.165) is 24.8 Å². The molecule has 0 aromatic carbocycles. The summed E-state index contributed by atoms with van der Waals surface area (Å²) in [6, 6.07) is 0. The van der Waals surface area contributed by atoms with Crippen molar-refractivity contribution in [2.75, 3.05) is 26.3 Å². The number of hydrogen-bond acceptors (Lipinski definition) is 2. The van der Waals surface area contributed by atoms with Crippen LogP contribution in [-0.4, -0.2) is 31.4 Å². The quantitative estimate of drug-likeness (QED) is 0.446. The largest absolute Gasteiger partial charge is 0.380 e. The molecule has 2 nitrogen and oxygen atoms in total. The summed E-state index contributed by atoms with van der Waals surface area (Å²) in [5.74, 6) is 0. The van der Waals surface area contributed by atoms with Gasteiger partial charge in [-0.3, -0.25) is 0 Å². The van der Waals surface area contributed by atoms with Crippen LogP contribution in [0.3, 0.4) is 0 Å². The van der Waals surface area contributed by atoms with Crippen molar-refractivity contribution in [1.82, 2.24) is 5.12 Å². The second-order valence-corrected chi connectivity index (χ2v) is 3.09. The molecule has 2 aliphatic heterocycles. The molecule has 0 atom stereocenters. The molecule has 2 heterocycles. The molecule has 2 aliphatic rings. The van der Waals surface area contributed by atoms with E-state index in [1.165, 1.54) is 0 Å². The van der Waals surface area contributed by atoms with Gasteiger partial charge in [0.1, 0.15) is 0 Å². The van der Waals surface area contributed by atoms with E-state index in [2.05, 4.69) is 0 Å². The van der Waals surface area contributed by atoms with Gasteiger partial charge < -0.3 is 4.74 Å². The molecule has 1 spiro atoms. The van der Waals surface area contributed by atoms with Gasteiger partial charge in [0.25, 0.3) is 0 Å². The summed E-state index contributed by atoms with van der Waals surface area (Å²) < 4.78 is 17.4. The van der Waals surface area contributed by atoms with Crippen LogP contribution in [0.2, 0.25) is 0 Å². The van der Waals surface area contributed by atoms with E-state index in [-0.39, 0.29) is 5.41 Å². The molecule has 0 radical (unpaired) electrons. The van der Waals surface area contributed by atoms with Crippen molar-refractivity contribution >= 4 is 0 Å². The lowest BCUT2D eigenvalue weighted by molar-refractivity contribution is -0.115. The third-order valence-electron chi connectivity index (χ3n) is 2.21. The Bertz CT molecular complexity index is 124. The third kappa shape index (κ3) is 0.756. The van der Waals surface area contributed by atoms with Gasteiger partial charge in [-0.05, 0) is 6.42 Å². The topological polar surface area (TPSA) is 12.5 Å². The van der Waals surface area contributed by atoms with Crippen LogP contribution in [-0.2, 0) is 4.74 Å². The van der Waals surface area contributed by atoms with Gasteiger partial charge in [-0.25, -0.2) is 0 Å². The van der Waals surface area contributed by atoms with Gasteiger partial charge >= 0.3 is 0 Å². The molecule has 0 aromatic heterocycles. The van der Waals surface area contributed by atoms with Crippen molar-refractivity contribution in [3.63, 3.8) is 0 Å². The normalized spacial score (nSPS) is 33.0. The van der Waals surface area contributed by atoms with Crippen LogP contribution >= 0.6 is 0 Å². The minimum Gasteiger partial charge on any atom is -0.380 e. The second-order valence-electron chi connectivity index (χ2n) is 3.09. The van der Waals surface area contributed by atoms with Crippen LogP contribution in [0.25, 0.3) is 0 Å². The summed E-state index contributed by atoms with van der Waals surface area (Å²) in [7, 11) is 0. The molecule has 0 amide bonds. The molecule has 2 fully saturated rings. The fourth-order valence-corrected chi connectivity index (χ4v) is 1.51. The number of nitrogens with zero attached hydrogens (tertiary/aromatic N) is 1. The lowest BCUT2D eigenvalue weighted by atomic mass is 9.85. The smallest absolute Gasteiger partial charge is 0.0558 e. The van der Waals surface area contributed by atoms with Gasteiger partial charge in [-0.1, -0.05) is 0 Å². The maximum absolute atomic E-state index is 12.4. The number of halogens is 1. The van der Waals surface area contributed by atoms with Crippen molar-refractivity contribution in [1.29, 1.82) is 0 Å². The first-order chi connectivity index (χ1) is 4.31. The first kappa shape index (κ1) is 5.62. The lowest BCUT2D eigenvalue weighted by Gasteiger charge is -2.36. The van der Waals surface area contributed by atoms with Gasteiger partial charge in [-0.15, -0.1) is 9.60 Å². The van der Waals surface area contributed by atoms with Crippen molar-refractivity contribution in [3.05, 3.63) is 0 Å². The highest BCUT2D eigenvalue weighted by Gasteiger charge is 2.44. The maximum Gasteiger partial charge on any atom is 0.0558 e. The SMILES string of the molecule is FN1CCC2(COC2)C1. The molecule has 0 N–H and O–H groups in total. The molecule has 52 valence electrons. The average Bonchev–Trinajstić information content (AvgIpc) is 2.09. The van der Waals surface area contributed by atoms with E-state index in [4.69, 9.17) is 4.74 Å². The first-order valence-corrected chi connectivity index (χ1v) is 3.29. The van der Waals surface area contributed by atoms with Crippen molar-refractivity contribution in [2.24, 2.45) is 5.41 Å². The third-order valence-corrected chi connectivity index (χ3v) is 2.21. The number of hydrogen-bond donors (Lipinski definition) is 0. The van der Waals surface area contributed by atoms with Crippen molar-refractivity contribution in [3.8, 4) is 0 Å². The van der Waals surface area contributed by atoms with Crippen LogP contribution in [0.4, 0.5) is 4.48 Å². The predicted molar refractivity (Wildman–Crippen MR) is 30.5 cm³/mol. The molecule has 2 saturated heterocycles. The van der Waals surface area contributed by atoms with Crippen molar-refractivity contribution < 1.29 is 9.22 Å². The molecule has 3 heteroatoms. The Labute approximate surface area is 53.5 Å². The Balaban J connectivity index is 1.99. The molecule has 0 aromatic rings. The molecule has 2 rings (SSSR count). The van der Waals surface area contributed by atoms with E-state index in [1.54, 1.807) is 0 Å². The fourth-order valence-electron chi connectivity index (χ4n) is 1.51. The van der Waals surface area contributed by atoms with Gasteiger partial charge in [0, 0.05) is 18.5 Å². The fraction of sp³-hybridized carbons (Fsp3) is 1.00. The Hall–Kier alpha value is -0.150. The summed E-state index contributed by atoms with van der Waals surface area (Å²) in [4.78, 5) is 0. The highest BCUT2D eigenvalue weighted by atomic mass is 19.2. The van der Waals surface area contributed by atoms with Crippen LogP contribution in [0.1, 0.15) is 6.42 Å². The van der Waals surface area contributed by atoms with Crippen LogP contribution in [0.5, 0.6) is 0 Å². The highest BCUT2D eigenvalue weighted by Crippen LogP contribution is 2.37. The van der Waals surface area contributed by atoms with Gasteiger partial charge in [0.2, 0.25) is 0 Å². The molecule has 0 aliphatic carbocycles. The van der Waals surface area contributed by atoms with E-state index in [1.807, 2.05) is 0 Å². The van der Waals surface area contributed by atoms with Crippen LogP contribution in [0, 0.1) is 5.41 Å². The lowest BCUT2D eigenvalue weighted by Crippen LogP contribution is -2.43. The minimum absolute atomic E-state index is 0.217. The van der Waals surface area contributed by atoms with Gasteiger partial charge in [0.05, 0.1) is 13.2 Å². The summed E-state index contributed by atoms with van der Waals surface area (Å²) in [6.07, 6.45) is 0.976. The van der Waals surface area contributed by atoms with E-state index in [9.17, 15) is 4.48 Å². The molecular formula is C6H10FNO. The van der Waals surface area contributed by atoms with E-state index >= 15 is 0 Å². The Morgan fingerprint density at radius 1 is 1.44 bits per heavy atom. The monoisotopic (exact) mass is 131 g/mol. The number of rotatable bonds is 0. The molecule has 0 unspecified atom stereocenters. The zero-order valence-electron chi connectivity index (χ0n) is 5.27. The van der Waals surface area contributed by atoms with Crippen molar-refractivity contribution in [2.45, 2.75) is 6.42 Å². The zero-order chi connectivity index (χ0) is 6.32. The van der Waals surface area contributed by atoms with Gasteiger partial charge in [-0.2, -0.15) is 0 Å². The predicted octanol–water partition coefficient (Wildman–Crippen LogP) is 0.593. The van der Waals surface area contributed by atoms with E-state index in [0.29, 0.717) is 13.1 Å². The Morgan fingerprint density at radius 3 is 2.44 bits per heavy atom. The summed E-state index contributed by atoms with van der Waals surface area (Å²) in [6.45, 7) is 2.73. The first-order valence-electron chi connectivity index (χ1n) is 3.29. The zero-order valence-corrected chi connectivity index (χ0v) is 5.27. The molecular weight excluding hydrogens is 121 g/mol.